The van der Waals surface area contributed by atoms with Crippen LogP contribution in [0.1, 0.15) is 19.8 Å². The second-order valence-electron chi connectivity index (χ2n) is 11.2. The molecule has 1 aliphatic heterocycles. The van der Waals surface area contributed by atoms with Crippen molar-refractivity contribution in [3.8, 4) is 17.6 Å². The zero-order valence-electron chi connectivity index (χ0n) is 26.5. The molecule has 0 bridgehead atoms. The van der Waals surface area contributed by atoms with Crippen LogP contribution in [0.25, 0.3) is 11.0 Å². The van der Waals surface area contributed by atoms with Crippen LogP contribution < -0.4 is 36.1 Å². The van der Waals surface area contributed by atoms with Crippen LogP contribution in [0.5, 0.6) is 11.5 Å². The Kier molecular flexibility index (Phi) is 9.31. The fraction of sp³-hybridized carbons (Fsp3) is 0.312. The number of nitrogens with zero attached hydrogens (tertiary/aromatic N) is 7. The van der Waals surface area contributed by atoms with Gasteiger partial charge >= 0.3 is 12.1 Å². The van der Waals surface area contributed by atoms with Gasteiger partial charge in [0.05, 0.1) is 54.5 Å². The molecule has 0 radical (unpaired) electrons. The minimum absolute atomic E-state index is 0.104. The highest BCUT2D eigenvalue weighted by molar-refractivity contribution is 6.21. The number of nitriles is 1. The van der Waals surface area contributed by atoms with E-state index in [9.17, 15) is 14.4 Å². The summed E-state index contributed by atoms with van der Waals surface area (Å²) in [5, 5.41) is 12.3. The van der Waals surface area contributed by atoms with Gasteiger partial charge in [-0.2, -0.15) is 5.26 Å². The maximum absolute atomic E-state index is 14.3. The van der Waals surface area contributed by atoms with Crippen molar-refractivity contribution in [1.82, 2.24) is 19.4 Å². The van der Waals surface area contributed by atoms with Gasteiger partial charge in [0, 0.05) is 38.5 Å². The average molecular weight is 641 g/mol. The number of imide groups is 1. The highest BCUT2D eigenvalue weighted by Crippen LogP contribution is 2.33. The first-order valence-electron chi connectivity index (χ1n) is 14.8. The Morgan fingerprint density at radius 2 is 1.77 bits per heavy atom. The average Bonchev–Trinajstić information content (AvgIpc) is 3.51. The van der Waals surface area contributed by atoms with E-state index in [1.165, 1.54) is 43.4 Å². The predicted octanol–water partition coefficient (Wildman–Crippen LogP) is 3.91. The van der Waals surface area contributed by atoms with Gasteiger partial charge < -0.3 is 36.1 Å². The number of nitrogens with one attached hydrogen (secondary N) is 1. The van der Waals surface area contributed by atoms with Crippen molar-refractivity contribution in [2.24, 2.45) is 5.92 Å². The number of likely N-dealkylation sites (N-methyl/N-ethyl adjacent to an activating group) is 1. The Bertz CT molecular complexity index is 1870. The third-order valence-corrected chi connectivity index (χ3v) is 8.37. The van der Waals surface area contributed by atoms with Crippen LogP contribution in [-0.4, -0.2) is 77.8 Å². The van der Waals surface area contributed by atoms with Gasteiger partial charge in [0.2, 0.25) is 5.91 Å². The monoisotopic (exact) mass is 640 g/mol. The first-order chi connectivity index (χ1) is 22.6. The number of likely N-dealkylation sites (tertiary alicyclic amines) is 1. The van der Waals surface area contributed by atoms with E-state index in [0.29, 0.717) is 35.8 Å². The van der Waals surface area contributed by atoms with Gasteiger partial charge in [0.1, 0.15) is 30.1 Å². The standard InChI is InChI=1S/C32H36N10O5/c1-19-10-13-40(28(43)9-12-33)17-27(19)39(2)29-22-11-14-41(30(22)37-18-36-29)32(45)42(26-8-6-21(47-4)16-24(26)35)31(44)38-25-7-5-20(46-3)15-23(25)34/h5-8,11,14-16,18-19,27H,9-10,13,17,34-35H2,1-4H3,(H,38,44)/t19-,27+/m1/s1. The molecule has 5 N–H and O–H groups in total. The highest BCUT2D eigenvalue weighted by Gasteiger charge is 2.34. The van der Waals surface area contributed by atoms with Crippen molar-refractivity contribution in [3.05, 3.63) is 55.0 Å². The lowest BCUT2D eigenvalue weighted by Gasteiger charge is -2.42. The summed E-state index contributed by atoms with van der Waals surface area (Å²) >= 11 is 0. The molecule has 15 heteroatoms. The Balaban J connectivity index is 1.51. The molecular weight excluding hydrogens is 604 g/mol. The van der Waals surface area contributed by atoms with Gasteiger partial charge in [-0.25, -0.2) is 24.5 Å². The largest absolute Gasteiger partial charge is 0.497 e. The lowest BCUT2D eigenvalue weighted by Crippen LogP contribution is -2.52. The van der Waals surface area contributed by atoms with Crippen LogP contribution in [0.4, 0.5) is 38.2 Å². The predicted molar refractivity (Wildman–Crippen MR) is 177 cm³/mol. The van der Waals surface area contributed by atoms with Gasteiger partial charge in [-0.15, -0.1) is 0 Å². The number of fused-ring (bicyclic) bond motifs is 1. The summed E-state index contributed by atoms with van der Waals surface area (Å²) in [5.74, 6) is 1.47. The smallest absolute Gasteiger partial charge is 0.342 e. The summed E-state index contributed by atoms with van der Waals surface area (Å²) in [5.41, 5.74) is 13.4. The van der Waals surface area contributed by atoms with E-state index in [4.69, 9.17) is 26.2 Å². The van der Waals surface area contributed by atoms with Gasteiger partial charge in [-0.1, -0.05) is 6.92 Å². The molecule has 1 saturated heterocycles. The number of piperidine rings is 1. The number of hydrogen-bond donors (Lipinski definition) is 3. The highest BCUT2D eigenvalue weighted by atomic mass is 16.5. The van der Waals surface area contributed by atoms with Crippen LogP contribution in [0, 0.1) is 17.2 Å². The second kappa shape index (κ2) is 13.5. The van der Waals surface area contributed by atoms with Crippen molar-refractivity contribution in [2.75, 3.05) is 60.9 Å². The number of carbonyl (C=O) groups is 3. The van der Waals surface area contributed by atoms with Crippen LogP contribution in [0.2, 0.25) is 0 Å². The molecule has 4 aromatic rings. The van der Waals surface area contributed by atoms with E-state index in [2.05, 4.69) is 22.2 Å². The molecule has 0 unspecified atom stereocenters. The summed E-state index contributed by atoms with van der Waals surface area (Å²) in [6.45, 7) is 3.10. The Hall–Kier alpha value is -6.04. The van der Waals surface area contributed by atoms with Crippen molar-refractivity contribution >= 4 is 57.6 Å². The number of anilines is 5. The lowest BCUT2D eigenvalue weighted by molar-refractivity contribution is -0.131. The molecule has 0 aliphatic carbocycles. The van der Waals surface area contributed by atoms with Crippen molar-refractivity contribution in [2.45, 2.75) is 25.8 Å². The Morgan fingerprint density at radius 1 is 1.06 bits per heavy atom. The number of ether oxygens (including phenoxy) is 2. The number of hydrogen-bond acceptors (Lipinski definition) is 11. The number of nitrogen functional groups attached to an aromatic ring is 2. The van der Waals surface area contributed by atoms with E-state index in [1.807, 2.05) is 18.0 Å². The fourth-order valence-electron chi connectivity index (χ4n) is 5.71. The molecular formula is C32H36N10O5. The van der Waals surface area contributed by atoms with Crippen molar-refractivity contribution < 1.29 is 23.9 Å². The lowest BCUT2D eigenvalue weighted by atomic mass is 9.92. The van der Waals surface area contributed by atoms with Gasteiger partial charge in [-0.3, -0.25) is 9.36 Å². The minimum atomic E-state index is -0.824. The number of carbonyl (C=O) groups excluding carboxylic acids is 3. The molecule has 1 aliphatic rings. The summed E-state index contributed by atoms with van der Waals surface area (Å²) in [4.78, 5) is 54.2. The van der Waals surface area contributed by atoms with Crippen molar-refractivity contribution in [1.29, 1.82) is 5.26 Å². The number of amides is 4. The number of nitrogens with two attached hydrogens (primary N) is 2. The molecule has 2 aromatic heterocycles. The van der Waals surface area contributed by atoms with Crippen LogP contribution in [-0.2, 0) is 4.79 Å². The summed E-state index contributed by atoms with van der Waals surface area (Å²) in [6.07, 6.45) is 3.43. The van der Waals surface area contributed by atoms with Crippen molar-refractivity contribution in [3.63, 3.8) is 0 Å². The number of benzene rings is 2. The van der Waals surface area contributed by atoms with Crippen LogP contribution in [0.3, 0.4) is 0 Å². The molecule has 2 atom stereocenters. The second-order valence-corrected chi connectivity index (χ2v) is 11.2. The third-order valence-electron chi connectivity index (χ3n) is 8.37. The minimum Gasteiger partial charge on any atom is -0.497 e. The van der Waals surface area contributed by atoms with Gasteiger partial charge in [0.25, 0.3) is 0 Å². The molecule has 1 fully saturated rings. The van der Waals surface area contributed by atoms with Gasteiger partial charge in [-0.05, 0) is 42.7 Å². The quantitative estimate of drug-likeness (QED) is 0.248. The number of methoxy groups -OCH3 is 2. The molecule has 5 rings (SSSR count). The number of urea groups is 1. The van der Waals surface area contributed by atoms with E-state index in [-0.39, 0.29) is 52.7 Å². The van der Waals surface area contributed by atoms with Crippen LogP contribution >= 0.6 is 0 Å². The maximum atomic E-state index is 14.3. The summed E-state index contributed by atoms with van der Waals surface area (Å²) < 4.78 is 11.7. The van der Waals surface area contributed by atoms with Gasteiger partial charge in [0.15, 0.2) is 5.65 Å². The first kappa shape index (κ1) is 32.4. The Labute approximate surface area is 271 Å². The molecule has 2 aromatic carbocycles. The Morgan fingerprint density at radius 3 is 2.43 bits per heavy atom. The summed E-state index contributed by atoms with van der Waals surface area (Å²) in [7, 11) is 4.85. The zero-order chi connectivity index (χ0) is 33.8. The van der Waals surface area contributed by atoms with E-state index in [1.54, 1.807) is 35.2 Å². The first-order valence-corrected chi connectivity index (χ1v) is 14.8. The number of aromatic nitrogens is 3. The molecule has 4 amide bonds. The molecule has 47 heavy (non-hydrogen) atoms. The van der Waals surface area contributed by atoms with E-state index in [0.717, 1.165) is 11.3 Å². The summed E-state index contributed by atoms with van der Waals surface area (Å²) in [6, 6.07) is 11.2. The van der Waals surface area contributed by atoms with E-state index < -0.39 is 12.1 Å². The molecule has 244 valence electrons. The third kappa shape index (κ3) is 6.39. The maximum Gasteiger partial charge on any atom is 0.342 e. The fourth-order valence-corrected chi connectivity index (χ4v) is 5.71. The zero-order valence-corrected chi connectivity index (χ0v) is 26.5. The SMILES string of the molecule is COc1ccc(NC(=O)N(C(=O)n2ccc3c(N(C)[C@H]4CN(C(=O)CC#N)CC[C@H]4C)ncnc32)c2ccc(OC)cc2N)c(N)c1. The molecule has 15 nitrogen and oxygen atoms in total. The van der Waals surface area contributed by atoms with Crippen LogP contribution in [0.15, 0.2) is 55.0 Å². The molecule has 0 saturated carbocycles. The normalized spacial score (nSPS) is 15.9. The topological polar surface area (TPSA) is 198 Å². The number of rotatable bonds is 7. The van der Waals surface area contributed by atoms with E-state index >= 15 is 0 Å². The molecule has 0 spiro atoms. The molecule has 3 heterocycles.